The maximum Gasteiger partial charge on any atom is 0.347 e. The lowest BCUT2D eigenvalue weighted by Gasteiger charge is -2.39. The minimum atomic E-state index is -1.56. The van der Waals surface area contributed by atoms with Crippen molar-refractivity contribution in [3.8, 4) is 17.2 Å². The van der Waals surface area contributed by atoms with Crippen LogP contribution >= 0.6 is 23.2 Å². The van der Waals surface area contributed by atoms with E-state index >= 15 is 0 Å². The SMILES string of the molecule is CN(C)C(=O)c1cc(Cl)c(OC(C)(C)C(=O)O)cc1OC[C@H](O)CN1CCC2(CC1)Cc1cc(Cl)ccc1O2. The molecule has 0 radical (unpaired) electrons. The Morgan fingerprint density at radius 1 is 1.15 bits per heavy atom. The summed E-state index contributed by atoms with van der Waals surface area (Å²) >= 11 is 12.5. The number of carbonyl (C=O) groups is 2. The zero-order valence-electron chi connectivity index (χ0n) is 22.5. The number of rotatable bonds is 9. The third kappa shape index (κ3) is 6.72. The van der Waals surface area contributed by atoms with Crippen LogP contribution < -0.4 is 14.2 Å². The maximum absolute atomic E-state index is 12.8. The molecule has 212 valence electrons. The number of carbonyl (C=O) groups excluding carboxylic acids is 1. The molecule has 2 aliphatic rings. The summed E-state index contributed by atoms with van der Waals surface area (Å²) in [5, 5.41) is 21.0. The third-order valence-electron chi connectivity index (χ3n) is 7.08. The van der Waals surface area contributed by atoms with Crippen LogP contribution in [0.5, 0.6) is 17.2 Å². The third-order valence-corrected chi connectivity index (χ3v) is 7.61. The van der Waals surface area contributed by atoms with Crippen LogP contribution in [0.15, 0.2) is 30.3 Å². The Bertz CT molecular complexity index is 1240. The highest BCUT2D eigenvalue weighted by molar-refractivity contribution is 6.32. The number of ether oxygens (including phenoxy) is 3. The predicted molar refractivity (Wildman–Crippen MR) is 148 cm³/mol. The van der Waals surface area contributed by atoms with Gasteiger partial charge in [0.05, 0.1) is 10.6 Å². The predicted octanol–water partition coefficient (Wildman–Crippen LogP) is 4.15. The number of hydrogen-bond donors (Lipinski definition) is 2. The van der Waals surface area contributed by atoms with E-state index in [1.165, 1.54) is 30.9 Å². The number of hydrogen-bond acceptors (Lipinski definition) is 7. The number of amides is 1. The smallest absolute Gasteiger partial charge is 0.347 e. The number of nitrogens with zero attached hydrogens (tertiary/aromatic N) is 2. The van der Waals surface area contributed by atoms with Gasteiger partial charge in [-0.25, -0.2) is 4.79 Å². The highest BCUT2D eigenvalue weighted by Crippen LogP contribution is 2.42. The highest BCUT2D eigenvalue weighted by Gasteiger charge is 2.42. The van der Waals surface area contributed by atoms with Gasteiger partial charge in [0.1, 0.15) is 35.6 Å². The fourth-order valence-corrected chi connectivity index (χ4v) is 5.22. The normalized spacial score (nSPS) is 17.3. The van der Waals surface area contributed by atoms with Crippen LogP contribution in [0.1, 0.15) is 42.6 Å². The Morgan fingerprint density at radius 2 is 1.85 bits per heavy atom. The maximum atomic E-state index is 12.8. The first-order chi connectivity index (χ1) is 18.3. The Hall–Kier alpha value is -2.72. The van der Waals surface area contributed by atoms with Crippen molar-refractivity contribution in [1.29, 1.82) is 0 Å². The molecule has 1 saturated heterocycles. The fourth-order valence-electron chi connectivity index (χ4n) is 4.82. The van der Waals surface area contributed by atoms with Crippen molar-refractivity contribution in [3.05, 3.63) is 51.5 Å². The fraction of sp³-hybridized carbons (Fsp3) is 0.500. The van der Waals surface area contributed by atoms with Gasteiger partial charge in [0.15, 0.2) is 5.60 Å². The van der Waals surface area contributed by atoms with Crippen molar-refractivity contribution in [3.63, 3.8) is 0 Å². The van der Waals surface area contributed by atoms with Crippen molar-refractivity contribution < 1.29 is 34.0 Å². The average Bonchev–Trinajstić information content (AvgIpc) is 3.21. The summed E-state index contributed by atoms with van der Waals surface area (Å²) in [5.41, 5.74) is -0.493. The molecule has 0 aromatic heterocycles. The van der Waals surface area contributed by atoms with E-state index in [1.807, 2.05) is 18.2 Å². The number of aliphatic hydroxyl groups is 1. The number of carboxylic acid groups (broad SMARTS) is 1. The van der Waals surface area contributed by atoms with Gasteiger partial charge in [-0.05, 0) is 43.7 Å². The summed E-state index contributed by atoms with van der Waals surface area (Å²) in [6, 6.07) is 8.50. The van der Waals surface area contributed by atoms with Gasteiger partial charge in [-0.15, -0.1) is 0 Å². The van der Waals surface area contributed by atoms with E-state index in [1.54, 1.807) is 14.1 Å². The van der Waals surface area contributed by atoms with Gasteiger partial charge in [0.25, 0.3) is 5.91 Å². The first-order valence-electron chi connectivity index (χ1n) is 12.8. The lowest BCUT2D eigenvalue weighted by Crippen LogP contribution is -2.49. The van der Waals surface area contributed by atoms with Gasteiger partial charge < -0.3 is 34.2 Å². The summed E-state index contributed by atoms with van der Waals surface area (Å²) in [7, 11) is 3.19. The van der Waals surface area contributed by atoms with Gasteiger partial charge in [-0.1, -0.05) is 23.2 Å². The number of piperidine rings is 1. The summed E-state index contributed by atoms with van der Waals surface area (Å²) in [6.07, 6.45) is 1.64. The van der Waals surface area contributed by atoms with E-state index < -0.39 is 17.7 Å². The second-order valence-corrected chi connectivity index (χ2v) is 11.7. The van der Waals surface area contributed by atoms with Crippen LogP contribution in [0.3, 0.4) is 0 Å². The van der Waals surface area contributed by atoms with Crippen LogP contribution in [0, 0.1) is 0 Å². The van der Waals surface area contributed by atoms with Crippen molar-refractivity contribution in [2.45, 2.75) is 50.4 Å². The van der Waals surface area contributed by atoms with Gasteiger partial charge in [-0.3, -0.25) is 4.79 Å². The zero-order chi connectivity index (χ0) is 28.5. The Labute approximate surface area is 238 Å². The van der Waals surface area contributed by atoms with Crippen LogP contribution in [0.25, 0.3) is 0 Å². The largest absolute Gasteiger partial charge is 0.490 e. The van der Waals surface area contributed by atoms with Gasteiger partial charge >= 0.3 is 5.97 Å². The van der Waals surface area contributed by atoms with E-state index in [2.05, 4.69) is 4.90 Å². The summed E-state index contributed by atoms with van der Waals surface area (Å²) < 4.78 is 17.8. The molecule has 0 aliphatic carbocycles. The van der Waals surface area contributed by atoms with Crippen LogP contribution in [0.2, 0.25) is 10.0 Å². The standard InChI is InChI=1S/C28H34Cl2N2O7/c1-27(2,26(35)36)38-24-13-23(20(12-21(24)30)25(34)31(3)4)37-16-19(33)15-32-9-7-28(8-10-32)14-17-11-18(29)5-6-22(17)39-28/h5-6,11-13,19,33H,7-10,14-16H2,1-4H3,(H,35,36)/t19-/m1/s1. The van der Waals surface area contributed by atoms with Crippen molar-refractivity contribution in [2.75, 3.05) is 40.3 Å². The highest BCUT2D eigenvalue weighted by atomic mass is 35.5. The van der Waals surface area contributed by atoms with Crippen LogP contribution in [0.4, 0.5) is 0 Å². The Morgan fingerprint density at radius 3 is 2.49 bits per heavy atom. The number of halogens is 2. The van der Waals surface area contributed by atoms with E-state index in [-0.39, 0.29) is 40.2 Å². The van der Waals surface area contributed by atoms with Crippen LogP contribution in [-0.4, -0.2) is 89.5 Å². The lowest BCUT2D eigenvalue weighted by molar-refractivity contribution is -0.152. The molecule has 2 aliphatic heterocycles. The number of likely N-dealkylation sites (tertiary alicyclic amines) is 1. The summed E-state index contributed by atoms with van der Waals surface area (Å²) in [4.78, 5) is 27.8. The molecule has 2 N–H and O–H groups in total. The molecule has 2 aromatic carbocycles. The Balaban J connectivity index is 1.38. The molecule has 0 bridgehead atoms. The van der Waals surface area contributed by atoms with E-state index in [0.717, 1.165) is 43.7 Å². The first-order valence-corrected chi connectivity index (χ1v) is 13.5. The van der Waals surface area contributed by atoms with E-state index in [9.17, 15) is 19.8 Å². The second kappa shape index (κ2) is 11.4. The summed E-state index contributed by atoms with van der Waals surface area (Å²) in [6.45, 7) is 4.59. The van der Waals surface area contributed by atoms with Crippen molar-refractivity contribution in [2.24, 2.45) is 0 Å². The van der Waals surface area contributed by atoms with Gasteiger partial charge in [-0.2, -0.15) is 0 Å². The number of carboxylic acids is 1. The first kappa shape index (κ1) is 29.3. The van der Waals surface area contributed by atoms with Gasteiger partial charge in [0, 0.05) is 64.1 Å². The molecule has 0 saturated carbocycles. The van der Waals surface area contributed by atoms with Gasteiger partial charge in [0.2, 0.25) is 0 Å². The molecular weight excluding hydrogens is 547 g/mol. The van der Waals surface area contributed by atoms with E-state index in [0.29, 0.717) is 11.6 Å². The zero-order valence-corrected chi connectivity index (χ0v) is 24.0. The minimum Gasteiger partial charge on any atom is -0.490 e. The number of benzene rings is 2. The number of aliphatic hydroxyl groups excluding tert-OH is 1. The molecule has 9 nitrogen and oxygen atoms in total. The topological polar surface area (TPSA) is 109 Å². The molecule has 1 atom stereocenters. The van der Waals surface area contributed by atoms with Crippen LogP contribution in [-0.2, 0) is 11.2 Å². The molecule has 2 aromatic rings. The number of aliphatic carboxylic acids is 1. The van der Waals surface area contributed by atoms with E-state index in [4.69, 9.17) is 37.4 Å². The molecule has 1 fully saturated rings. The lowest BCUT2D eigenvalue weighted by atomic mass is 9.87. The number of β-amino-alcohol motifs (C(OH)–C–C–N with tert-alkyl or cyclic N) is 1. The van der Waals surface area contributed by atoms with Crippen molar-refractivity contribution in [1.82, 2.24) is 9.80 Å². The molecule has 2 heterocycles. The molecule has 1 amide bonds. The quantitative estimate of drug-likeness (QED) is 0.455. The number of fused-ring (bicyclic) bond motifs is 1. The second-order valence-electron chi connectivity index (χ2n) is 10.9. The molecule has 11 heteroatoms. The van der Waals surface area contributed by atoms with Crippen molar-refractivity contribution >= 4 is 35.1 Å². The molecule has 0 unspecified atom stereocenters. The molecular formula is C28H34Cl2N2O7. The summed E-state index contributed by atoms with van der Waals surface area (Å²) in [5.74, 6) is -0.442. The Kier molecular flexibility index (Phi) is 8.56. The molecule has 1 spiro atoms. The molecule has 39 heavy (non-hydrogen) atoms. The monoisotopic (exact) mass is 580 g/mol. The molecule has 4 rings (SSSR count). The average molecular weight is 581 g/mol. The minimum absolute atomic E-state index is 0.0593.